The van der Waals surface area contributed by atoms with Crippen LogP contribution in [0.25, 0.3) is 0 Å². The van der Waals surface area contributed by atoms with Gasteiger partial charge in [-0.2, -0.15) is 0 Å². The van der Waals surface area contributed by atoms with Gasteiger partial charge in [0.15, 0.2) is 0 Å². The number of piperidine rings is 2. The highest BCUT2D eigenvalue weighted by Gasteiger charge is 2.16. The first kappa shape index (κ1) is 22.8. The van der Waals surface area contributed by atoms with E-state index < -0.39 is 0 Å². The summed E-state index contributed by atoms with van der Waals surface area (Å²) in [5.74, 6) is 0.00392. The van der Waals surface area contributed by atoms with Gasteiger partial charge in [-0.05, 0) is 87.5 Å². The second-order valence-electron chi connectivity index (χ2n) is 9.29. The van der Waals surface area contributed by atoms with Crippen molar-refractivity contribution in [3.63, 3.8) is 0 Å². The standard InChI is InChI=1S/C27H38N4O/c1-22(27(32)29-25-12-14-26(15-13-25)31-18-8-3-9-19-31)28-20-23-10-4-5-11-24(23)21-30-16-6-2-7-17-30/h4-5,10-15,22,28H,2-3,6-9,16-21H2,1H3,(H,29,32)/t22-/m0/s1. The van der Waals surface area contributed by atoms with E-state index in [0.717, 1.165) is 25.3 Å². The molecular weight excluding hydrogens is 396 g/mol. The molecule has 0 radical (unpaired) electrons. The zero-order valence-corrected chi connectivity index (χ0v) is 19.5. The molecule has 2 heterocycles. The van der Waals surface area contributed by atoms with Crippen LogP contribution >= 0.6 is 0 Å². The number of rotatable bonds is 8. The summed E-state index contributed by atoms with van der Waals surface area (Å²) in [5.41, 5.74) is 4.75. The van der Waals surface area contributed by atoms with Gasteiger partial charge < -0.3 is 15.5 Å². The summed E-state index contributed by atoms with van der Waals surface area (Å²) in [6, 6.07) is 16.6. The van der Waals surface area contributed by atoms with Crippen molar-refractivity contribution in [3.8, 4) is 0 Å². The smallest absolute Gasteiger partial charge is 0.241 e. The highest BCUT2D eigenvalue weighted by atomic mass is 16.2. The van der Waals surface area contributed by atoms with Gasteiger partial charge in [-0.15, -0.1) is 0 Å². The van der Waals surface area contributed by atoms with Crippen LogP contribution in [0, 0.1) is 0 Å². The van der Waals surface area contributed by atoms with E-state index >= 15 is 0 Å². The average Bonchev–Trinajstić information content (AvgIpc) is 2.85. The molecule has 2 aromatic carbocycles. The van der Waals surface area contributed by atoms with Gasteiger partial charge in [-0.3, -0.25) is 9.69 Å². The van der Waals surface area contributed by atoms with E-state index in [2.05, 4.69) is 56.8 Å². The van der Waals surface area contributed by atoms with Crippen molar-refractivity contribution in [2.24, 2.45) is 0 Å². The lowest BCUT2D eigenvalue weighted by molar-refractivity contribution is -0.117. The second kappa shape index (κ2) is 11.5. The quantitative estimate of drug-likeness (QED) is 0.628. The zero-order valence-electron chi connectivity index (χ0n) is 19.5. The lowest BCUT2D eigenvalue weighted by atomic mass is 10.0. The molecule has 2 aliphatic rings. The van der Waals surface area contributed by atoms with Gasteiger partial charge in [0, 0.05) is 37.6 Å². The monoisotopic (exact) mass is 434 g/mol. The molecule has 2 aliphatic heterocycles. The fourth-order valence-corrected chi connectivity index (χ4v) is 4.76. The maximum absolute atomic E-state index is 12.7. The molecule has 4 rings (SSSR count). The molecule has 172 valence electrons. The van der Waals surface area contributed by atoms with Crippen LogP contribution in [0.1, 0.15) is 56.6 Å². The molecule has 0 unspecified atom stereocenters. The van der Waals surface area contributed by atoms with Gasteiger partial charge in [0.2, 0.25) is 5.91 Å². The Morgan fingerprint density at radius 1 is 0.844 bits per heavy atom. The first-order valence-corrected chi connectivity index (χ1v) is 12.4. The normalized spacial score (nSPS) is 18.3. The van der Waals surface area contributed by atoms with Gasteiger partial charge >= 0.3 is 0 Å². The first-order chi connectivity index (χ1) is 15.7. The Hall–Kier alpha value is -2.37. The number of carbonyl (C=O) groups is 1. The summed E-state index contributed by atoms with van der Waals surface area (Å²) in [7, 11) is 0. The predicted octanol–water partition coefficient (Wildman–Crippen LogP) is 4.78. The number of carbonyl (C=O) groups excluding carboxylic acids is 1. The molecule has 0 bridgehead atoms. The van der Waals surface area contributed by atoms with E-state index in [1.165, 1.54) is 68.4 Å². The third-order valence-electron chi connectivity index (χ3n) is 6.81. The summed E-state index contributed by atoms with van der Waals surface area (Å²) in [6.07, 6.45) is 7.82. The highest BCUT2D eigenvalue weighted by Crippen LogP contribution is 2.22. The SMILES string of the molecule is C[C@H](NCc1ccccc1CN1CCCCC1)C(=O)Nc1ccc(N2CCCCC2)cc1. The van der Waals surface area contributed by atoms with Crippen LogP contribution in [-0.4, -0.2) is 43.0 Å². The Balaban J connectivity index is 1.27. The molecule has 5 nitrogen and oxygen atoms in total. The second-order valence-corrected chi connectivity index (χ2v) is 9.29. The topological polar surface area (TPSA) is 47.6 Å². The van der Waals surface area contributed by atoms with Crippen LogP contribution in [0.15, 0.2) is 48.5 Å². The number of likely N-dealkylation sites (tertiary alicyclic amines) is 1. The van der Waals surface area contributed by atoms with E-state index in [9.17, 15) is 4.79 Å². The van der Waals surface area contributed by atoms with Crippen molar-refractivity contribution in [1.82, 2.24) is 10.2 Å². The van der Waals surface area contributed by atoms with E-state index in [1.54, 1.807) is 0 Å². The summed E-state index contributed by atoms with van der Waals surface area (Å²) >= 11 is 0. The van der Waals surface area contributed by atoms with Crippen LogP contribution in [0.5, 0.6) is 0 Å². The maximum Gasteiger partial charge on any atom is 0.241 e. The van der Waals surface area contributed by atoms with E-state index in [1.807, 2.05) is 19.1 Å². The Morgan fingerprint density at radius 2 is 1.47 bits per heavy atom. The Morgan fingerprint density at radius 3 is 2.16 bits per heavy atom. The molecule has 1 amide bonds. The fraction of sp³-hybridized carbons (Fsp3) is 0.519. The fourth-order valence-electron chi connectivity index (χ4n) is 4.76. The minimum Gasteiger partial charge on any atom is -0.372 e. The molecule has 0 aromatic heterocycles. The Kier molecular flexibility index (Phi) is 8.18. The number of amides is 1. The highest BCUT2D eigenvalue weighted by molar-refractivity contribution is 5.94. The lowest BCUT2D eigenvalue weighted by Gasteiger charge is -2.29. The lowest BCUT2D eigenvalue weighted by Crippen LogP contribution is -2.38. The molecule has 5 heteroatoms. The van der Waals surface area contributed by atoms with Gasteiger partial charge in [-0.1, -0.05) is 30.7 Å². The van der Waals surface area contributed by atoms with Crippen LogP contribution < -0.4 is 15.5 Å². The number of nitrogens with one attached hydrogen (secondary N) is 2. The number of anilines is 2. The number of hydrogen-bond acceptors (Lipinski definition) is 4. The molecule has 0 aliphatic carbocycles. The number of benzene rings is 2. The molecule has 2 saturated heterocycles. The number of hydrogen-bond donors (Lipinski definition) is 2. The molecule has 0 saturated carbocycles. The van der Waals surface area contributed by atoms with Crippen molar-refractivity contribution in [2.75, 3.05) is 36.4 Å². The van der Waals surface area contributed by atoms with Crippen molar-refractivity contribution >= 4 is 17.3 Å². The Labute approximate surface area is 193 Å². The van der Waals surface area contributed by atoms with Crippen molar-refractivity contribution in [1.29, 1.82) is 0 Å². The molecule has 0 spiro atoms. The van der Waals surface area contributed by atoms with E-state index in [0.29, 0.717) is 6.54 Å². The third kappa shape index (κ3) is 6.33. The van der Waals surface area contributed by atoms with Crippen LogP contribution in [0.4, 0.5) is 11.4 Å². The van der Waals surface area contributed by atoms with E-state index in [4.69, 9.17) is 0 Å². The third-order valence-corrected chi connectivity index (χ3v) is 6.81. The summed E-state index contributed by atoms with van der Waals surface area (Å²) in [6.45, 7) is 8.28. The molecule has 32 heavy (non-hydrogen) atoms. The largest absolute Gasteiger partial charge is 0.372 e. The summed E-state index contributed by atoms with van der Waals surface area (Å²) in [5, 5.41) is 6.48. The first-order valence-electron chi connectivity index (χ1n) is 12.4. The number of nitrogens with zero attached hydrogens (tertiary/aromatic N) is 2. The molecular formula is C27H38N4O. The zero-order chi connectivity index (χ0) is 22.2. The van der Waals surface area contributed by atoms with Crippen molar-refractivity contribution in [3.05, 3.63) is 59.7 Å². The molecule has 2 N–H and O–H groups in total. The molecule has 1 atom stereocenters. The van der Waals surface area contributed by atoms with Crippen molar-refractivity contribution < 1.29 is 4.79 Å². The summed E-state index contributed by atoms with van der Waals surface area (Å²) in [4.78, 5) is 17.7. The van der Waals surface area contributed by atoms with Gasteiger partial charge in [0.05, 0.1) is 6.04 Å². The van der Waals surface area contributed by atoms with E-state index in [-0.39, 0.29) is 11.9 Å². The van der Waals surface area contributed by atoms with Gasteiger partial charge in [-0.25, -0.2) is 0 Å². The maximum atomic E-state index is 12.7. The summed E-state index contributed by atoms with van der Waals surface area (Å²) < 4.78 is 0. The predicted molar refractivity (Wildman–Crippen MR) is 133 cm³/mol. The van der Waals surface area contributed by atoms with Crippen LogP contribution in [0.2, 0.25) is 0 Å². The van der Waals surface area contributed by atoms with Gasteiger partial charge in [0.1, 0.15) is 0 Å². The van der Waals surface area contributed by atoms with Gasteiger partial charge in [0.25, 0.3) is 0 Å². The Bertz CT molecular complexity index is 854. The molecule has 2 fully saturated rings. The van der Waals surface area contributed by atoms with Crippen LogP contribution in [0.3, 0.4) is 0 Å². The minimum absolute atomic E-state index is 0.00392. The molecule has 2 aromatic rings. The minimum atomic E-state index is -0.264. The average molecular weight is 435 g/mol. The van der Waals surface area contributed by atoms with Crippen molar-refractivity contribution in [2.45, 2.75) is 64.6 Å². The van der Waals surface area contributed by atoms with Crippen LogP contribution in [-0.2, 0) is 17.9 Å².